The summed E-state index contributed by atoms with van der Waals surface area (Å²) < 4.78 is 16.2. The minimum absolute atomic E-state index is 0.252. The van der Waals surface area contributed by atoms with E-state index in [1.54, 1.807) is 12.1 Å². The molecule has 5 aromatic rings. The van der Waals surface area contributed by atoms with E-state index < -0.39 is 0 Å². The Morgan fingerprint density at radius 3 is 1.69 bits per heavy atom. The molecule has 0 spiro atoms. The first-order valence-electron chi connectivity index (χ1n) is 9.08. The van der Waals surface area contributed by atoms with Gasteiger partial charge in [-0.25, -0.2) is 0 Å². The third-order valence-electron chi connectivity index (χ3n) is 4.57. The van der Waals surface area contributed by atoms with Crippen molar-refractivity contribution in [2.24, 2.45) is 0 Å². The summed E-state index contributed by atoms with van der Waals surface area (Å²) in [4.78, 5) is 4.37. The van der Waals surface area contributed by atoms with Crippen molar-refractivity contribution in [3.8, 4) is 45.8 Å². The second-order valence-electron chi connectivity index (χ2n) is 6.81. The molecule has 3 heterocycles. The van der Waals surface area contributed by atoms with E-state index in [-0.39, 0.29) is 5.89 Å². The number of rotatable bonds is 4. The molecular weight excluding hydrogens is 368 g/mol. The van der Waals surface area contributed by atoms with Crippen molar-refractivity contribution in [2.45, 2.75) is 13.8 Å². The maximum atomic E-state index is 5.43. The highest BCUT2D eigenvalue weighted by molar-refractivity contribution is 5.65. The summed E-state index contributed by atoms with van der Waals surface area (Å²) in [7, 11) is 0. The van der Waals surface area contributed by atoms with Crippen molar-refractivity contribution < 1.29 is 13.6 Å². The normalized spacial score (nSPS) is 11.1. The van der Waals surface area contributed by atoms with Crippen LogP contribution in [0.25, 0.3) is 45.8 Å². The quantitative estimate of drug-likeness (QED) is 0.413. The molecule has 0 saturated carbocycles. The molecule has 0 unspecified atom stereocenters. The molecule has 7 nitrogen and oxygen atoms in total. The molecule has 0 radical (unpaired) electrons. The van der Waals surface area contributed by atoms with E-state index >= 15 is 0 Å². The summed E-state index contributed by atoms with van der Waals surface area (Å²) >= 11 is 0. The Bertz CT molecular complexity index is 1170. The molecule has 2 aromatic carbocycles. The fraction of sp³-hybridized carbons (Fsp3) is 0.0909. The number of benzene rings is 2. The van der Waals surface area contributed by atoms with Crippen molar-refractivity contribution in [2.75, 3.05) is 0 Å². The van der Waals surface area contributed by atoms with Crippen molar-refractivity contribution in [1.29, 1.82) is 0 Å². The molecule has 0 N–H and O–H groups in total. The summed E-state index contributed by atoms with van der Waals surface area (Å²) in [5.74, 6) is 1.83. The third-order valence-corrected chi connectivity index (χ3v) is 4.57. The fourth-order valence-electron chi connectivity index (χ4n) is 2.90. The van der Waals surface area contributed by atoms with Crippen LogP contribution in [0.1, 0.15) is 11.1 Å². The van der Waals surface area contributed by atoms with Crippen LogP contribution in [0.4, 0.5) is 0 Å². The molecule has 0 aliphatic heterocycles. The van der Waals surface area contributed by atoms with E-state index in [0.717, 1.165) is 11.1 Å². The highest BCUT2D eigenvalue weighted by Crippen LogP contribution is 2.28. The summed E-state index contributed by atoms with van der Waals surface area (Å²) in [5, 5.41) is 12.1. The molecule has 0 aliphatic rings. The standard InChI is InChI=1S/C22H16N4O3/c1-13-3-7-15(8-4-13)19-11-17(24-27-19)21-23-22(29-26-21)18-12-20(28-25-18)16-9-5-14(2)6-10-16/h3-12H,1-2H3. The van der Waals surface area contributed by atoms with Gasteiger partial charge < -0.3 is 13.6 Å². The minimum atomic E-state index is 0.252. The molecule has 5 rings (SSSR count). The number of aryl methyl sites for hydroxylation is 2. The Hall–Kier alpha value is -4.00. The predicted molar refractivity (Wildman–Crippen MR) is 106 cm³/mol. The molecule has 3 aromatic heterocycles. The van der Waals surface area contributed by atoms with Gasteiger partial charge in [-0.05, 0) is 13.8 Å². The van der Waals surface area contributed by atoms with E-state index in [1.165, 1.54) is 11.1 Å². The SMILES string of the molecule is Cc1ccc(-c2cc(-c3noc(-c4cc(-c5ccc(C)cc5)on4)n3)no2)cc1. The smallest absolute Gasteiger partial charge is 0.280 e. The lowest BCUT2D eigenvalue weighted by molar-refractivity contribution is 0.410. The molecule has 142 valence electrons. The number of hydrogen-bond acceptors (Lipinski definition) is 7. The van der Waals surface area contributed by atoms with Gasteiger partial charge in [0.25, 0.3) is 5.89 Å². The zero-order valence-electron chi connectivity index (χ0n) is 15.8. The Morgan fingerprint density at radius 1 is 0.586 bits per heavy atom. The maximum Gasteiger partial charge on any atom is 0.280 e. The average Bonchev–Trinajstić information content (AvgIpc) is 3.48. The summed E-state index contributed by atoms with van der Waals surface area (Å²) in [6.07, 6.45) is 0. The molecule has 0 atom stereocenters. The van der Waals surface area contributed by atoms with Gasteiger partial charge in [-0.15, -0.1) is 0 Å². The lowest BCUT2D eigenvalue weighted by Gasteiger charge is -1.95. The monoisotopic (exact) mass is 384 g/mol. The third kappa shape index (κ3) is 3.34. The van der Waals surface area contributed by atoms with Crippen LogP contribution in [-0.4, -0.2) is 20.5 Å². The number of aromatic nitrogens is 4. The largest absolute Gasteiger partial charge is 0.356 e. The Balaban J connectivity index is 1.40. The zero-order chi connectivity index (χ0) is 19.8. The molecule has 0 amide bonds. The van der Waals surface area contributed by atoms with E-state index in [4.69, 9.17) is 13.6 Å². The molecule has 0 fully saturated rings. The summed E-state index contributed by atoms with van der Waals surface area (Å²) in [5.41, 5.74) is 5.15. The Labute approximate surface area is 166 Å². The second kappa shape index (κ2) is 6.87. The maximum absolute atomic E-state index is 5.43. The first kappa shape index (κ1) is 17.1. The predicted octanol–water partition coefficient (Wildman–Crippen LogP) is 5.33. The fourth-order valence-corrected chi connectivity index (χ4v) is 2.90. The van der Waals surface area contributed by atoms with Gasteiger partial charge in [-0.1, -0.05) is 75.1 Å². The Morgan fingerprint density at radius 2 is 1.10 bits per heavy atom. The van der Waals surface area contributed by atoms with Gasteiger partial charge in [0.15, 0.2) is 22.9 Å². The van der Waals surface area contributed by atoms with Crippen molar-refractivity contribution in [3.63, 3.8) is 0 Å². The van der Waals surface area contributed by atoms with Crippen LogP contribution in [-0.2, 0) is 0 Å². The molecule has 7 heteroatoms. The first-order valence-corrected chi connectivity index (χ1v) is 9.08. The molecule has 0 aliphatic carbocycles. The van der Waals surface area contributed by atoms with E-state index in [0.29, 0.717) is 28.7 Å². The van der Waals surface area contributed by atoms with E-state index in [2.05, 4.69) is 20.5 Å². The first-order chi connectivity index (χ1) is 14.2. The van der Waals surface area contributed by atoms with Gasteiger partial charge in [-0.2, -0.15) is 4.98 Å². The van der Waals surface area contributed by atoms with Crippen molar-refractivity contribution >= 4 is 0 Å². The van der Waals surface area contributed by atoms with Crippen molar-refractivity contribution in [3.05, 3.63) is 71.8 Å². The van der Waals surface area contributed by atoms with E-state index in [9.17, 15) is 0 Å². The highest BCUT2D eigenvalue weighted by Gasteiger charge is 2.18. The van der Waals surface area contributed by atoms with Gasteiger partial charge in [0.2, 0.25) is 5.82 Å². The van der Waals surface area contributed by atoms with Gasteiger partial charge in [0.1, 0.15) is 0 Å². The zero-order valence-corrected chi connectivity index (χ0v) is 15.8. The van der Waals surface area contributed by atoms with Crippen LogP contribution < -0.4 is 0 Å². The molecule has 0 saturated heterocycles. The van der Waals surface area contributed by atoms with Crippen LogP contribution in [0, 0.1) is 13.8 Å². The second-order valence-corrected chi connectivity index (χ2v) is 6.81. The van der Waals surface area contributed by atoms with Crippen LogP contribution in [0.15, 0.2) is 74.2 Å². The Kier molecular flexibility index (Phi) is 4.05. The topological polar surface area (TPSA) is 91.0 Å². The van der Waals surface area contributed by atoms with Gasteiger partial charge in [0.05, 0.1) is 0 Å². The molecular formula is C22H16N4O3. The molecule has 0 bridgehead atoms. The highest BCUT2D eigenvalue weighted by atomic mass is 16.5. The van der Waals surface area contributed by atoms with Crippen LogP contribution in [0.3, 0.4) is 0 Å². The van der Waals surface area contributed by atoms with Crippen LogP contribution in [0.5, 0.6) is 0 Å². The summed E-state index contributed by atoms with van der Waals surface area (Å²) in [6.45, 7) is 4.06. The van der Waals surface area contributed by atoms with Gasteiger partial charge in [-0.3, -0.25) is 0 Å². The van der Waals surface area contributed by atoms with Gasteiger partial charge in [0, 0.05) is 23.3 Å². The summed E-state index contributed by atoms with van der Waals surface area (Å²) in [6, 6.07) is 19.5. The number of hydrogen-bond donors (Lipinski definition) is 0. The average molecular weight is 384 g/mol. The lowest BCUT2D eigenvalue weighted by Crippen LogP contribution is -1.80. The van der Waals surface area contributed by atoms with Crippen LogP contribution in [0.2, 0.25) is 0 Å². The number of nitrogens with zero attached hydrogens (tertiary/aromatic N) is 4. The van der Waals surface area contributed by atoms with E-state index in [1.807, 2.05) is 62.4 Å². The molecule has 29 heavy (non-hydrogen) atoms. The minimum Gasteiger partial charge on any atom is -0.356 e. The van der Waals surface area contributed by atoms with Crippen LogP contribution >= 0.6 is 0 Å². The van der Waals surface area contributed by atoms with Crippen molar-refractivity contribution in [1.82, 2.24) is 20.5 Å². The van der Waals surface area contributed by atoms with Gasteiger partial charge >= 0.3 is 0 Å². The lowest BCUT2D eigenvalue weighted by atomic mass is 10.1.